The predicted molar refractivity (Wildman–Crippen MR) is 42.1 cm³/mol. The van der Waals surface area contributed by atoms with Gasteiger partial charge in [-0.25, -0.2) is 0 Å². The van der Waals surface area contributed by atoms with Crippen LogP contribution in [0.4, 0.5) is 0 Å². The van der Waals surface area contributed by atoms with Crippen LogP contribution in [0.2, 0.25) is 0 Å². The first-order valence-electron chi connectivity index (χ1n) is 3.23. The first kappa shape index (κ1) is 7.77. The fourth-order valence-corrected chi connectivity index (χ4v) is 2.03. The van der Waals surface area contributed by atoms with Crippen molar-refractivity contribution < 1.29 is 9.09 Å². The molecule has 0 amide bonds. The summed E-state index contributed by atoms with van der Waals surface area (Å²) in [6.45, 7) is 6.00. The Morgan fingerprint density at radius 2 is 2.60 bits per heavy atom. The number of rotatable bonds is 1. The normalized spacial score (nSPS) is 39.5. The lowest BCUT2D eigenvalue weighted by Crippen LogP contribution is -2.04. The standard InChI is InChI=1S/C7H11O2P/c1-3-10(8)5-4-7(2)6-9-10/h3-5,7H,1,6H2,2H3/t7-,10+/m0/s1. The molecular weight excluding hydrogens is 147 g/mol. The molecule has 1 aliphatic rings. The van der Waals surface area contributed by atoms with Crippen LogP contribution in [-0.4, -0.2) is 6.61 Å². The third-order valence-electron chi connectivity index (χ3n) is 1.42. The Hall–Kier alpha value is -0.330. The Morgan fingerprint density at radius 1 is 1.90 bits per heavy atom. The molecule has 1 heterocycles. The van der Waals surface area contributed by atoms with E-state index in [2.05, 4.69) is 6.58 Å². The van der Waals surface area contributed by atoms with Crippen LogP contribution in [0.5, 0.6) is 0 Å². The molecule has 3 heteroatoms. The Labute approximate surface area is 61.0 Å². The van der Waals surface area contributed by atoms with Crippen LogP contribution >= 0.6 is 7.37 Å². The highest BCUT2D eigenvalue weighted by Gasteiger charge is 2.19. The van der Waals surface area contributed by atoms with E-state index in [1.54, 1.807) is 5.82 Å². The molecule has 0 bridgehead atoms. The number of hydrogen-bond acceptors (Lipinski definition) is 2. The Kier molecular flexibility index (Phi) is 2.12. The van der Waals surface area contributed by atoms with E-state index in [0.29, 0.717) is 12.5 Å². The topological polar surface area (TPSA) is 26.3 Å². The third-order valence-corrected chi connectivity index (χ3v) is 3.07. The smallest absolute Gasteiger partial charge is 0.246 e. The van der Waals surface area contributed by atoms with Crippen molar-refractivity contribution in [3.8, 4) is 0 Å². The van der Waals surface area contributed by atoms with E-state index >= 15 is 0 Å². The molecule has 56 valence electrons. The molecule has 0 aromatic carbocycles. The molecule has 0 spiro atoms. The zero-order valence-electron chi connectivity index (χ0n) is 5.99. The summed E-state index contributed by atoms with van der Waals surface area (Å²) in [7, 11) is -2.55. The van der Waals surface area contributed by atoms with Crippen LogP contribution in [0, 0.1) is 5.92 Å². The van der Waals surface area contributed by atoms with Crippen LogP contribution in [0.3, 0.4) is 0 Å². The van der Waals surface area contributed by atoms with Crippen LogP contribution in [0.15, 0.2) is 24.3 Å². The van der Waals surface area contributed by atoms with Gasteiger partial charge in [0.2, 0.25) is 7.37 Å². The van der Waals surface area contributed by atoms with Gasteiger partial charge < -0.3 is 4.52 Å². The molecule has 10 heavy (non-hydrogen) atoms. The van der Waals surface area contributed by atoms with Crippen LogP contribution in [0.25, 0.3) is 0 Å². The average molecular weight is 158 g/mol. The highest BCUT2D eigenvalue weighted by Crippen LogP contribution is 2.52. The first-order chi connectivity index (χ1) is 4.66. The van der Waals surface area contributed by atoms with Crippen LogP contribution in [-0.2, 0) is 9.09 Å². The van der Waals surface area contributed by atoms with Gasteiger partial charge in [0.05, 0.1) is 6.61 Å². The van der Waals surface area contributed by atoms with Crippen LogP contribution < -0.4 is 0 Å². The molecule has 0 radical (unpaired) electrons. The van der Waals surface area contributed by atoms with E-state index in [0.717, 1.165) is 0 Å². The second-order valence-electron chi connectivity index (χ2n) is 2.44. The van der Waals surface area contributed by atoms with Gasteiger partial charge in [0, 0.05) is 5.82 Å². The predicted octanol–water partition coefficient (Wildman–Crippen LogP) is 2.59. The third kappa shape index (κ3) is 1.59. The lowest BCUT2D eigenvalue weighted by Gasteiger charge is -2.18. The summed E-state index contributed by atoms with van der Waals surface area (Å²) < 4.78 is 16.4. The zero-order valence-corrected chi connectivity index (χ0v) is 6.88. The van der Waals surface area contributed by atoms with Gasteiger partial charge in [-0.3, -0.25) is 4.57 Å². The summed E-state index contributed by atoms with van der Waals surface area (Å²) in [4.78, 5) is 0. The molecule has 2 nitrogen and oxygen atoms in total. The summed E-state index contributed by atoms with van der Waals surface area (Å²) in [5, 5.41) is 0. The first-order valence-corrected chi connectivity index (χ1v) is 4.99. The van der Waals surface area contributed by atoms with Crippen molar-refractivity contribution in [1.82, 2.24) is 0 Å². The molecule has 0 saturated heterocycles. The maximum atomic E-state index is 11.3. The second kappa shape index (κ2) is 2.73. The number of hydrogen-bond donors (Lipinski definition) is 0. The highest BCUT2D eigenvalue weighted by molar-refractivity contribution is 7.65. The van der Waals surface area contributed by atoms with Crippen molar-refractivity contribution >= 4 is 7.37 Å². The lowest BCUT2D eigenvalue weighted by atomic mass is 10.2. The second-order valence-corrected chi connectivity index (χ2v) is 4.65. The van der Waals surface area contributed by atoms with Gasteiger partial charge in [-0.05, 0) is 11.7 Å². The summed E-state index contributed by atoms with van der Waals surface area (Å²) in [6.07, 6.45) is 1.91. The fraction of sp³-hybridized carbons (Fsp3) is 0.429. The fourth-order valence-electron chi connectivity index (χ4n) is 0.713. The molecular formula is C7H11O2P. The zero-order chi connectivity index (χ0) is 7.61. The molecule has 0 aromatic rings. The van der Waals surface area contributed by atoms with Gasteiger partial charge >= 0.3 is 0 Å². The Balaban J connectivity index is 2.78. The van der Waals surface area contributed by atoms with Crippen molar-refractivity contribution in [1.29, 1.82) is 0 Å². The molecule has 0 saturated carbocycles. The van der Waals surface area contributed by atoms with Gasteiger partial charge in [-0.15, -0.1) is 0 Å². The summed E-state index contributed by atoms with van der Waals surface area (Å²) in [5.74, 6) is 3.38. The van der Waals surface area contributed by atoms with Crippen molar-refractivity contribution in [2.45, 2.75) is 6.92 Å². The largest absolute Gasteiger partial charge is 0.322 e. The minimum atomic E-state index is -2.55. The van der Waals surface area contributed by atoms with Crippen molar-refractivity contribution in [3.63, 3.8) is 0 Å². The molecule has 0 aliphatic carbocycles. The maximum Gasteiger partial charge on any atom is 0.246 e. The Morgan fingerprint density at radius 3 is 3.00 bits per heavy atom. The van der Waals surface area contributed by atoms with E-state index in [9.17, 15) is 4.57 Å². The summed E-state index contributed by atoms with van der Waals surface area (Å²) >= 11 is 0. The molecule has 2 atom stereocenters. The average Bonchev–Trinajstić information content (AvgIpc) is 1.96. The van der Waals surface area contributed by atoms with Crippen molar-refractivity contribution in [2.75, 3.05) is 6.61 Å². The van der Waals surface area contributed by atoms with E-state index in [-0.39, 0.29) is 0 Å². The minimum absolute atomic E-state index is 0.377. The molecule has 1 aliphatic heterocycles. The van der Waals surface area contributed by atoms with E-state index in [1.807, 2.05) is 13.0 Å². The van der Waals surface area contributed by atoms with E-state index in [1.165, 1.54) is 5.82 Å². The van der Waals surface area contributed by atoms with Crippen LogP contribution in [0.1, 0.15) is 6.92 Å². The molecule has 0 aromatic heterocycles. The highest BCUT2D eigenvalue weighted by atomic mass is 31.2. The molecule has 1 rings (SSSR count). The summed E-state index contributed by atoms with van der Waals surface area (Å²) in [5.41, 5.74) is 0. The maximum absolute atomic E-state index is 11.3. The monoisotopic (exact) mass is 158 g/mol. The SMILES string of the molecule is C=C[P@]1(=O)C=C[C@H](C)CO1. The molecule has 0 N–H and O–H groups in total. The molecule has 0 unspecified atom stereocenters. The van der Waals surface area contributed by atoms with Gasteiger partial charge in [-0.2, -0.15) is 0 Å². The molecule has 0 fully saturated rings. The summed E-state index contributed by atoms with van der Waals surface area (Å²) in [6, 6.07) is 0. The van der Waals surface area contributed by atoms with E-state index < -0.39 is 7.37 Å². The van der Waals surface area contributed by atoms with Gasteiger partial charge in [0.25, 0.3) is 0 Å². The van der Waals surface area contributed by atoms with Crippen molar-refractivity contribution in [2.24, 2.45) is 5.92 Å². The van der Waals surface area contributed by atoms with Gasteiger partial charge in [0.15, 0.2) is 0 Å². The van der Waals surface area contributed by atoms with Crippen molar-refractivity contribution in [3.05, 3.63) is 24.3 Å². The van der Waals surface area contributed by atoms with Gasteiger partial charge in [-0.1, -0.05) is 19.6 Å². The van der Waals surface area contributed by atoms with Gasteiger partial charge in [0.1, 0.15) is 0 Å². The quantitative estimate of drug-likeness (QED) is 0.548. The minimum Gasteiger partial charge on any atom is -0.322 e. The lowest BCUT2D eigenvalue weighted by molar-refractivity contribution is 0.286. The Bertz CT molecular complexity index is 208. The van der Waals surface area contributed by atoms with E-state index in [4.69, 9.17) is 4.52 Å².